The summed E-state index contributed by atoms with van der Waals surface area (Å²) in [5.74, 6) is -2.85. The molecule has 20 heavy (non-hydrogen) atoms. The molecule has 1 aromatic carbocycles. The van der Waals surface area contributed by atoms with E-state index in [1.54, 1.807) is 0 Å². The van der Waals surface area contributed by atoms with Gasteiger partial charge in [-0.25, -0.2) is 4.39 Å². The summed E-state index contributed by atoms with van der Waals surface area (Å²) in [6, 6.07) is 2.30. The lowest BCUT2D eigenvalue weighted by Crippen LogP contribution is -2.52. The van der Waals surface area contributed by atoms with E-state index in [1.165, 1.54) is 6.92 Å². The number of carbonyl (C=O) groups is 1. The standard InChI is InChI=1S/C12H13F4NO3/c1-11(5-18,6-19)17-10(20)7-3-2-4-8(9(7)13)12(14,15)16/h2-4,18-19H,5-6H2,1H3,(H,17,20). The molecule has 0 bridgehead atoms. The summed E-state index contributed by atoms with van der Waals surface area (Å²) in [5, 5.41) is 20.1. The van der Waals surface area contributed by atoms with Gasteiger partial charge in [0, 0.05) is 0 Å². The van der Waals surface area contributed by atoms with Crippen LogP contribution in [0.25, 0.3) is 0 Å². The van der Waals surface area contributed by atoms with Crippen LogP contribution in [0.2, 0.25) is 0 Å². The summed E-state index contributed by atoms with van der Waals surface area (Å²) in [6.07, 6.45) is -4.92. The second kappa shape index (κ2) is 5.76. The Bertz CT molecular complexity index is 498. The van der Waals surface area contributed by atoms with Crippen molar-refractivity contribution in [3.63, 3.8) is 0 Å². The molecular formula is C12H13F4NO3. The molecule has 0 saturated carbocycles. The van der Waals surface area contributed by atoms with Crippen LogP contribution < -0.4 is 5.32 Å². The minimum atomic E-state index is -4.92. The molecule has 4 nitrogen and oxygen atoms in total. The Balaban J connectivity index is 3.13. The number of carbonyl (C=O) groups excluding carboxylic acids is 1. The number of hydrogen-bond donors (Lipinski definition) is 3. The van der Waals surface area contributed by atoms with Crippen LogP contribution in [0.3, 0.4) is 0 Å². The Kier molecular flexibility index (Phi) is 4.72. The average Bonchev–Trinajstić information content (AvgIpc) is 2.37. The van der Waals surface area contributed by atoms with E-state index < -0.39 is 47.8 Å². The van der Waals surface area contributed by atoms with Crippen molar-refractivity contribution < 1.29 is 32.6 Å². The fourth-order valence-corrected chi connectivity index (χ4v) is 1.40. The molecule has 0 aliphatic carbocycles. The highest BCUT2D eigenvalue weighted by atomic mass is 19.4. The maximum absolute atomic E-state index is 13.7. The molecule has 0 aliphatic rings. The first kappa shape index (κ1) is 16.4. The van der Waals surface area contributed by atoms with Crippen molar-refractivity contribution in [1.29, 1.82) is 0 Å². The smallest absolute Gasteiger partial charge is 0.394 e. The summed E-state index contributed by atoms with van der Waals surface area (Å²) >= 11 is 0. The van der Waals surface area contributed by atoms with Crippen LogP contribution in [0.5, 0.6) is 0 Å². The Morgan fingerprint density at radius 1 is 1.25 bits per heavy atom. The van der Waals surface area contributed by atoms with Crippen LogP contribution >= 0.6 is 0 Å². The fourth-order valence-electron chi connectivity index (χ4n) is 1.40. The predicted octanol–water partition coefficient (Wildman–Crippen LogP) is 1.32. The SMILES string of the molecule is CC(CO)(CO)NC(=O)c1cccc(C(F)(F)F)c1F. The third-order valence-electron chi connectivity index (χ3n) is 2.66. The van der Waals surface area contributed by atoms with E-state index in [2.05, 4.69) is 5.32 Å². The molecule has 0 atom stereocenters. The summed E-state index contributed by atoms with van der Waals surface area (Å²) in [5.41, 5.74) is -3.83. The molecule has 0 heterocycles. The number of halogens is 4. The lowest BCUT2D eigenvalue weighted by atomic mass is 10.0. The summed E-state index contributed by atoms with van der Waals surface area (Å²) < 4.78 is 51.2. The second-order valence-corrected chi connectivity index (χ2v) is 4.50. The van der Waals surface area contributed by atoms with Gasteiger partial charge in [0.1, 0.15) is 5.82 Å². The molecule has 112 valence electrons. The normalized spacial score (nSPS) is 12.3. The lowest BCUT2D eigenvalue weighted by molar-refractivity contribution is -0.140. The van der Waals surface area contributed by atoms with Crippen LogP contribution in [0.15, 0.2) is 18.2 Å². The molecule has 1 rings (SSSR count). The van der Waals surface area contributed by atoms with Gasteiger partial charge in [0.25, 0.3) is 5.91 Å². The molecule has 3 N–H and O–H groups in total. The third-order valence-corrected chi connectivity index (χ3v) is 2.66. The first-order chi connectivity index (χ1) is 9.14. The van der Waals surface area contributed by atoms with Crippen molar-refractivity contribution in [2.45, 2.75) is 18.6 Å². The molecule has 8 heteroatoms. The van der Waals surface area contributed by atoms with Crippen molar-refractivity contribution in [1.82, 2.24) is 5.32 Å². The molecule has 1 aromatic rings. The van der Waals surface area contributed by atoms with Gasteiger partial charge in [-0.3, -0.25) is 4.79 Å². The van der Waals surface area contributed by atoms with Crippen LogP contribution in [0, 0.1) is 5.82 Å². The largest absolute Gasteiger partial charge is 0.419 e. The predicted molar refractivity (Wildman–Crippen MR) is 61.4 cm³/mol. The minimum Gasteiger partial charge on any atom is -0.394 e. The van der Waals surface area contributed by atoms with Gasteiger partial charge < -0.3 is 15.5 Å². The van der Waals surface area contributed by atoms with Gasteiger partial charge >= 0.3 is 6.18 Å². The Morgan fingerprint density at radius 3 is 2.25 bits per heavy atom. The van der Waals surface area contributed by atoms with Crippen LogP contribution in [-0.4, -0.2) is 34.9 Å². The van der Waals surface area contributed by atoms with Crippen molar-refractivity contribution >= 4 is 5.91 Å². The maximum Gasteiger partial charge on any atom is 0.419 e. The lowest BCUT2D eigenvalue weighted by Gasteiger charge is -2.26. The number of hydrogen-bond acceptors (Lipinski definition) is 3. The summed E-state index contributed by atoms with van der Waals surface area (Å²) in [4.78, 5) is 11.7. The first-order valence-corrected chi connectivity index (χ1v) is 5.54. The van der Waals surface area contributed by atoms with Gasteiger partial charge in [0.15, 0.2) is 0 Å². The van der Waals surface area contributed by atoms with Crippen LogP contribution in [0.4, 0.5) is 17.6 Å². The zero-order chi connectivity index (χ0) is 15.6. The van der Waals surface area contributed by atoms with Gasteiger partial charge in [-0.1, -0.05) is 6.07 Å². The number of alkyl halides is 3. The highest BCUT2D eigenvalue weighted by Gasteiger charge is 2.36. The molecule has 0 spiro atoms. The van der Waals surface area contributed by atoms with Crippen molar-refractivity contribution in [2.24, 2.45) is 0 Å². The third kappa shape index (κ3) is 3.45. The zero-order valence-corrected chi connectivity index (χ0v) is 10.5. The number of nitrogens with one attached hydrogen (secondary N) is 1. The van der Waals surface area contributed by atoms with Crippen molar-refractivity contribution in [2.75, 3.05) is 13.2 Å². The highest BCUT2D eigenvalue weighted by molar-refractivity contribution is 5.95. The number of rotatable bonds is 4. The zero-order valence-electron chi connectivity index (χ0n) is 10.5. The van der Waals surface area contributed by atoms with Gasteiger partial charge in [-0.2, -0.15) is 13.2 Å². The molecule has 0 saturated heterocycles. The van der Waals surface area contributed by atoms with Crippen molar-refractivity contribution in [3.8, 4) is 0 Å². The van der Waals surface area contributed by atoms with E-state index in [0.29, 0.717) is 6.07 Å². The quantitative estimate of drug-likeness (QED) is 0.734. The molecular weight excluding hydrogens is 282 g/mol. The van der Waals surface area contributed by atoms with Crippen LogP contribution in [0.1, 0.15) is 22.8 Å². The molecule has 0 unspecified atom stereocenters. The van der Waals surface area contributed by atoms with Gasteiger partial charge in [0.05, 0.1) is 29.9 Å². The summed E-state index contributed by atoms with van der Waals surface area (Å²) in [7, 11) is 0. The number of aliphatic hydroxyl groups is 2. The average molecular weight is 295 g/mol. The number of benzene rings is 1. The number of aliphatic hydroxyl groups excluding tert-OH is 2. The molecule has 0 radical (unpaired) electrons. The van der Waals surface area contributed by atoms with Gasteiger partial charge in [0.2, 0.25) is 0 Å². The fraction of sp³-hybridized carbons (Fsp3) is 0.417. The van der Waals surface area contributed by atoms with E-state index in [9.17, 15) is 22.4 Å². The summed E-state index contributed by atoms with van der Waals surface area (Å²) in [6.45, 7) is -0.0535. The van der Waals surface area contributed by atoms with Gasteiger partial charge in [-0.05, 0) is 19.1 Å². The highest BCUT2D eigenvalue weighted by Crippen LogP contribution is 2.32. The van der Waals surface area contributed by atoms with E-state index >= 15 is 0 Å². The van der Waals surface area contributed by atoms with E-state index in [4.69, 9.17) is 10.2 Å². The number of amides is 1. The monoisotopic (exact) mass is 295 g/mol. The van der Waals surface area contributed by atoms with Crippen molar-refractivity contribution in [3.05, 3.63) is 35.1 Å². The van der Waals surface area contributed by atoms with E-state index in [-0.39, 0.29) is 0 Å². The second-order valence-electron chi connectivity index (χ2n) is 4.50. The Morgan fingerprint density at radius 2 is 1.80 bits per heavy atom. The first-order valence-electron chi connectivity index (χ1n) is 5.54. The molecule has 0 aromatic heterocycles. The molecule has 0 aliphatic heterocycles. The Hall–Kier alpha value is -1.67. The Labute approximate surface area is 112 Å². The van der Waals surface area contributed by atoms with Gasteiger partial charge in [-0.15, -0.1) is 0 Å². The minimum absolute atomic E-state index is 0.517. The van der Waals surface area contributed by atoms with E-state index in [1.807, 2.05) is 0 Å². The topological polar surface area (TPSA) is 69.6 Å². The maximum atomic E-state index is 13.7. The van der Waals surface area contributed by atoms with Crippen LogP contribution in [-0.2, 0) is 6.18 Å². The van der Waals surface area contributed by atoms with E-state index in [0.717, 1.165) is 12.1 Å². The molecule has 1 amide bonds. The molecule has 0 fully saturated rings.